The molecule has 0 bridgehead atoms. The summed E-state index contributed by atoms with van der Waals surface area (Å²) in [6, 6.07) is 1.77. The molecule has 15 heavy (non-hydrogen) atoms. The molecule has 78 valence electrons. The Morgan fingerprint density at radius 3 is 2.47 bits per heavy atom. The molecule has 2 aromatic heterocycles. The summed E-state index contributed by atoms with van der Waals surface area (Å²) in [6.45, 7) is 0. The smallest absolute Gasteiger partial charge is 0.197 e. The fraction of sp³-hybridized carbons (Fsp3) is 0. The van der Waals surface area contributed by atoms with E-state index in [0.717, 1.165) is 4.47 Å². The lowest BCUT2D eigenvalue weighted by atomic mass is 10.4. The number of anilines is 1. The Labute approximate surface area is 111 Å². The SMILES string of the molecule is Nc1nc(-c2cc(Br)c(Br)o2)ncc1Br. The van der Waals surface area contributed by atoms with Crippen LogP contribution in [0.5, 0.6) is 0 Å². The fourth-order valence-corrected chi connectivity index (χ4v) is 1.72. The third kappa shape index (κ3) is 2.24. The number of hydrogen-bond acceptors (Lipinski definition) is 4. The van der Waals surface area contributed by atoms with Crippen molar-refractivity contribution in [1.29, 1.82) is 0 Å². The lowest BCUT2D eigenvalue weighted by molar-refractivity contribution is 0.549. The van der Waals surface area contributed by atoms with Crippen LogP contribution in [0.3, 0.4) is 0 Å². The van der Waals surface area contributed by atoms with Gasteiger partial charge in [-0.1, -0.05) is 0 Å². The Kier molecular flexibility index (Phi) is 3.13. The predicted molar refractivity (Wildman–Crippen MR) is 67.2 cm³/mol. The maximum absolute atomic E-state index is 5.64. The van der Waals surface area contributed by atoms with Crippen LogP contribution in [-0.2, 0) is 0 Å². The standard InChI is InChI=1S/C8H4Br3N3O/c9-3-1-5(15-6(3)11)8-13-2-4(10)7(12)14-8/h1-2H,(H2,12,13,14). The number of furan rings is 1. The molecule has 0 unspecified atom stereocenters. The summed E-state index contributed by atoms with van der Waals surface area (Å²) in [7, 11) is 0. The molecule has 0 saturated carbocycles. The largest absolute Gasteiger partial charge is 0.445 e. The molecule has 0 aliphatic carbocycles. The van der Waals surface area contributed by atoms with Gasteiger partial charge in [0, 0.05) is 12.3 Å². The Morgan fingerprint density at radius 2 is 1.93 bits per heavy atom. The van der Waals surface area contributed by atoms with E-state index in [4.69, 9.17) is 10.2 Å². The molecule has 2 N–H and O–H groups in total. The number of nitrogen functional groups attached to an aromatic ring is 1. The van der Waals surface area contributed by atoms with Gasteiger partial charge in [-0.25, -0.2) is 9.97 Å². The van der Waals surface area contributed by atoms with Crippen molar-refractivity contribution in [3.8, 4) is 11.6 Å². The second-order valence-electron chi connectivity index (χ2n) is 2.66. The minimum atomic E-state index is 0.378. The molecule has 0 fully saturated rings. The second kappa shape index (κ2) is 4.23. The van der Waals surface area contributed by atoms with Crippen molar-refractivity contribution in [3.63, 3.8) is 0 Å². The van der Waals surface area contributed by atoms with E-state index >= 15 is 0 Å². The Bertz CT molecular complexity index is 492. The molecule has 0 aromatic carbocycles. The average Bonchev–Trinajstić information content (AvgIpc) is 2.52. The highest BCUT2D eigenvalue weighted by molar-refractivity contribution is 9.13. The minimum absolute atomic E-state index is 0.378. The highest BCUT2D eigenvalue weighted by atomic mass is 79.9. The normalized spacial score (nSPS) is 10.6. The average molecular weight is 398 g/mol. The van der Waals surface area contributed by atoms with E-state index in [1.807, 2.05) is 0 Å². The predicted octanol–water partition coefficient (Wildman–Crippen LogP) is 3.61. The van der Waals surface area contributed by atoms with Gasteiger partial charge in [0.25, 0.3) is 0 Å². The second-order valence-corrected chi connectivity index (χ2v) is 5.09. The van der Waals surface area contributed by atoms with Gasteiger partial charge in [-0.15, -0.1) is 0 Å². The van der Waals surface area contributed by atoms with Crippen LogP contribution in [0.2, 0.25) is 0 Å². The van der Waals surface area contributed by atoms with Crippen molar-refractivity contribution in [2.75, 3.05) is 5.73 Å². The molecule has 4 nitrogen and oxygen atoms in total. The Morgan fingerprint density at radius 1 is 1.20 bits per heavy atom. The van der Waals surface area contributed by atoms with Gasteiger partial charge in [-0.3, -0.25) is 0 Å². The lowest BCUT2D eigenvalue weighted by Gasteiger charge is -1.98. The minimum Gasteiger partial charge on any atom is -0.445 e. The number of nitrogens with two attached hydrogens (primary N) is 1. The molecule has 2 rings (SSSR count). The Hall–Kier alpha value is -0.400. The molecule has 0 saturated heterocycles. The summed E-state index contributed by atoms with van der Waals surface area (Å²) in [5, 5.41) is 0. The molecule has 0 atom stereocenters. The van der Waals surface area contributed by atoms with Crippen LogP contribution in [0.1, 0.15) is 0 Å². The van der Waals surface area contributed by atoms with Gasteiger partial charge in [0.05, 0.1) is 8.95 Å². The number of hydrogen-bond donors (Lipinski definition) is 1. The van der Waals surface area contributed by atoms with Crippen LogP contribution < -0.4 is 5.73 Å². The van der Waals surface area contributed by atoms with Crippen LogP contribution in [0.15, 0.2) is 30.3 Å². The molecule has 0 spiro atoms. The van der Waals surface area contributed by atoms with E-state index in [2.05, 4.69) is 57.8 Å². The first-order valence-electron chi connectivity index (χ1n) is 3.81. The maximum atomic E-state index is 5.64. The maximum Gasteiger partial charge on any atom is 0.197 e. The van der Waals surface area contributed by atoms with Crippen molar-refractivity contribution in [2.24, 2.45) is 0 Å². The third-order valence-corrected chi connectivity index (χ3v) is 3.96. The van der Waals surface area contributed by atoms with Crippen molar-refractivity contribution >= 4 is 53.6 Å². The Balaban J connectivity index is 2.49. The van der Waals surface area contributed by atoms with Gasteiger partial charge in [0.2, 0.25) is 0 Å². The third-order valence-electron chi connectivity index (χ3n) is 1.64. The van der Waals surface area contributed by atoms with Crippen molar-refractivity contribution in [1.82, 2.24) is 9.97 Å². The first kappa shape index (κ1) is 11.1. The zero-order chi connectivity index (χ0) is 11.0. The van der Waals surface area contributed by atoms with Crippen molar-refractivity contribution < 1.29 is 4.42 Å². The molecule has 0 amide bonds. The fourth-order valence-electron chi connectivity index (χ4n) is 0.956. The number of halogens is 3. The number of nitrogens with zero attached hydrogens (tertiary/aromatic N) is 2. The van der Waals surface area contributed by atoms with E-state index in [9.17, 15) is 0 Å². The van der Waals surface area contributed by atoms with Crippen LogP contribution in [0, 0.1) is 0 Å². The van der Waals surface area contributed by atoms with E-state index < -0.39 is 0 Å². The zero-order valence-electron chi connectivity index (χ0n) is 7.17. The van der Waals surface area contributed by atoms with Gasteiger partial charge in [0.1, 0.15) is 5.82 Å². The zero-order valence-corrected chi connectivity index (χ0v) is 11.9. The van der Waals surface area contributed by atoms with Crippen LogP contribution >= 0.6 is 47.8 Å². The lowest BCUT2D eigenvalue weighted by Crippen LogP contribution is -1.95. The summed E-state index contributed by atoms with van der Waals surface area (Å²) < 4.78 is 7.44. The molecule has 7 heteroatoms. The van der Waals surface area contributed by atoms with E-state index in [-0.39, 0.29) is 0 Å². The van der Waals surface area contributed by atoms with Crippen LogP contribution in [0.25, 0.3) is 11.6 Å². The van der Waals surface area contributed by atoms with Crippen molar-refractivity contribution in [2.45, 2.75) is 0 Å². The first-order chi connectivity index (χ1) is 7.08. The first-order valence-corrected chi connectivity index (χ1v) is 6.19. The monoisotopic (exact) mass is 395 g/mol. The van der Waals surface area contributed by atoms with Gasteiger partial charge < -0.3 is 10.2 Å². The summed E-state index contributed by atoms with van der Waals surface area (Å²) in [5.74, 6) is 1.37. The summed E-state index contributed by atoms with van der Waals surface area (Å²) >= 11 is 9.77. The van der Waals surface area contributed by atoms with Gasteiger partial charge in [-0.2, -0.15) is 0 Å². The summed E-state index contributed by atoms with van der Waals surface area (Å²) in [6.07, 6.45) is 1.59. The molecule has 2 aromatic rings. The highest BCUT2D eigenvalue weighted by Gasteiger charge is 2.11. The van der Waals surface area contributed by atoms with Crippen LogP contribution in [0.4, 0.5) is 5.82 Å². The molecule has 0 radical (unpaired) electrons. The highest BCUT2D eigenvalue weighted by Crippen LogP contribution is 2.31. The number of aromatic nitrogens is 2. The molecule has 2 heterocycles. The van der Waals surface area contributed by atoms with Crippen LogP contribution in [-0.4, -0.2) is 9.97 Å². The van der Waals surface area contributed by atoms with Gasteiger partial charge >= 0.3 is 0 Å². The van der Waals surface area contributed by atoms with Gasteiger partial charge in [0.15, 0.2) is 16.3 Å². The van der Waals surface area contributed by atoms with E-state index in [1.165, 1.54) is 0 Å². The van der Waals surface area contributed by atoms with E-state index in [1.54, 1.807) is 12.3 Å². The molecule has 0 aliphatic heterocycles. The topological polar surface area (TPSA) is 64.9 Å². The quantitative estimate of drug-likeness (QED) is 0.798. The molecular formula is C8H4Br3N3O. The van der Waals surface area contributed by atoms with E-state index in [0.29, 0.717) is 26.5 Å². The summed E-state index contributed by atoms with van der Waals surface area (Å²) in [4.78, 5) is 8.17. The summed E-state index contributed by atoms with van der Waals surface area (Å²) in [5.41, 5.74) is 5.64. The van der Waals surface area contributed by atoms with Gasteiger partial charge in [-0.05, 0) is 47.8 Å². The number of rotatable bonds is 1. The van der Waals surface area contributed by atoms with Crippen molar-refractivity contribution in [3.05, 3.63) is 25.9 Å². The molecular weight excluding hydrogens is 394 g/mol. The molecule has 0 aliphatic rings.